The maximum Gasteiger partial charge on any atom is 0.472 e. The summed E-state index contributed by atoms with van der Waals surface area (Å²) in [4.78, 5) is 58.8. The molecule has 109 heavy (non-hydrogen) atoms. The van der Waals surface area contributed by atoms with Crippen molar-refractivity contribution in [2.75, 3.05) is 39.6 Å². The molecule has 0 bridgehead atoms. The van der Waals surface area contributed by atoms with Gasteiger partial charge in [0.2, 0.25) is 0 Å². The highest BCUT2D eigenvalue weighted by Gasteiger charge is 2.29. The quantitative estimate of drug-likeness (QED) is 0.0146. The summed E-state index contributed by atoms with van der Waals surface area (Å²) in [6.45, 7) is 2.56. The second-order valence-electron chi connectivity index (χ2n) is 29.3. The molecule has 16 nitrogen and oxygen atoms in total. The lowest BCUT2D eigenvalue weighted by Gasteiger charge is -2.21. The predicted molar refractivity (Wildman–Crippen MR) is 454 cm³/mol. The van der Waals surface area contributed by atoms with Gasteiger partial charge in [0, 0.05) is 19.3 Å². The number of allylic oxidation sites excluding steroid dienone is 20. The number of carbonyl (C=O) groups is 3. The van der Waals surface area contributed by atoms with E-state index in [-0.39, 0.29) is 19.3 Å². The maximum absolute atomic E-state index is 13.0. The van der Waals surface area contributed by atoms with Gasteiger partial charge < -0.3 is 34.2 Å². The lowest BCUT2D eigenvalue weighted by molar-refractivity contribution is -0.161. The standard InChI is InChI=1S/C91H160O16P2/c1-4-7-10-13-16-19-22-25-28-30-32-34-36-37-38-39-40-41-42-43-44-45-46-47-49-51-52-54-57-59-62-65-68-71-74-77-89(94)101-80-86(92)81-103-108(97,98)104-82-87(93)83-105-109(99,100)106-85-88(107-91(96)79-76-73-70-67-64-61-56-27-24-21-18-15-12-9-6-3)84-102-90(95)78-75-72-69-66-63-60-58-55-53-50-48-35-33-31-29-26-23-20-17-14-11-8-5-2/h7,10,16-17,19-20,25-29,32-35,37-38,50,53,56,86-88,92-93H,4-6,8-9,11-15,18,21-24,30-31,36,39-49,51-52,54-55,57-85H2,1-3H3,(H,97,98)(H,99,100)/b10-7-,19-16-,20-17-,28-25-,29-26-,34-32-,35-33-,38-37-,53-50-,56-27-. The highest BCUT2D eigenvalue weighted by Crippen LogP contribution is 2.45. The Labute approximate surface area is 665 Å². The number of ether oxygens (including phenoxy) is 3. The molecule has 0 heterocycles. The molecule has 5 atom stereocenters. The van der Waals surface area contributed by atoms with Crippen LogP contribution in [0, 0.1) is 0 Å². The first-order valence-electron chi connectivity index (χ1n) is 43.8. The van der Waals surface area contributed by atoms with E-state index in [4.69, 9.17) is 32.3 Å². The van der Waals surface area contributed by atoms with Gasteiger partial charge in [-0.2, -0.15) is 0 Å². The molecule has 0 saturated heterocycles. The SMILES string of the molecule is CC/C=C\C/C=C\C/C=C\C/C=C\C/C=C\CCCCCCCCCCCCCCCCCCCCCC(=O)OCC(O)COP(=O)(O)OCC(O)COP(=O)(O)OCC(COC(=O)CCCCCCCCC/C=C\C/C=C\C/C=C\C/C=C\CCCCC)OC(=O)CCCCCCC/C=C\CCCCCCCC. The van der Waals surface area contributed by atoms with Gasteiger partial charge in [0.1, 0.15) is 25.4 Å². The molecule has 5 unspecified atom stereocenters. The van der Waals surface area contributed by atoms with Crippen molar-refractivity contribution >= 4 is 33.6 Å². The lowest BCUT2D eigenvalue weighted by Crippen LogP contribution is -2.30. The minimum atomic E-state index is -4.94. The molecule has 0 aromatic carbocycles. The smallest absolute Gasteiger partial charge is 0.463 e. The number of rotatable bonds is 83. The van der Waals surface area contributed by atoms with Crippen molar-refractivity contribution in [3.63, 3.8) is 0 Å². The molecular weight excluding hydrogens is 1410 g/mol. The Morgan fingerprint density at radius 3 is 0.798 bits per heavy atom. The number of esters is 3. The van der Waals surface area contributed by atoms with E-state index in [1.165, 1.54) is 167 Å². The van der Waals surface area contributed by atoms with Gasteiger partial charge in [0.15, 0.2) is 6.10 Å². The van der Waals surface area contributed by atoms with Crippen LogP contribution in [-0.2, 0) is 55.8 Å². The van der Waals surface area contributed by atoms with Crippen LogP contribution in [0.1, 0.15) is 380 Å². The molecule has 0 saturated carbocycles. The van der Waals surface area contributed by atoms with Gasteiger partial charge in [-0.25, -0.2) is 9.13 Å². The van der Waals surface area contributed by atoms with Crippen LogP contribution in [0.2, 0.25) is 0 Å². The zero-order valence-electron chi connectivity index (χ0n) is 69.2. The van der Waals surface area contributed by atoms with Gasteiger partial charge in [0.25, 0.3) is 0 Å². The van der Waals surface area contributed by atoms with Gasteiger partial charge in [-0.3, -0.25) is 32.5 Å². The van der Waals surface area contributed by atoms with Crippen molar-refractivity contribution in [2.24, 2.45) is 0 Å². The van der Waals surface area contributed by atoms with Crippen molar-refractivity contribution in [2.45, 2.75) is 399 Å². The van der Waals surface area contributed by atoms with Crippen molar-refractivity contribution in [3.8, 4) is 0 Å². The first kappa shape index (κ1) is 105. The normalized spacial score (nSPS) is 14.4. The molecule has 4 N–H and O–H groups in total. The van der Waals surface area contributed by atoms with Crippen molar-refractivity contribution < 1.29 is 75.8 Å². The Bertz CT molecular complexity index is 2460. The summed E-state index contributed by atoms with van der Waals surface area (Å²) in [7, 11) is -9.80. The van der Waals surface area contributed by atoms with Crippen LogP contribution >= 0.6 is 15.6 Å². The number of hydrogen-bond donors (Lipinski definition) is 4. The van der Waals surface area contributed by atoms with E-state index in [1.807, 2.05) is 0 Å². The highest BCUT2D eigenvalue weighted by atomic mass is 31.2. The minimum absolute atomic E-state index is 0.0923. The van der Waals surface area contributed by atoms with Crippen LogP contribution < -0.4 is 0 Å². The van der Waals surface area contributed by atoms with E-state index in [9.17, 15) is 43.5 Å². The average Bonchev–Trinajstić information content (AvgIpc) is 0.902. The fourth-order valence-electron chi connectivity index (χ4n) is 12.0. The third-order valence-electron chi connectivity index (χ3n) is 18.6. The first-order chi connectivity index (χ1) is 53.2. The molecule has 0 aromatic rings. The lowest BCUT2D eigenvalue weighted by atomic mass is 10.0. The summed E-state index contributed by atoms with van der Waals surface area (Å²) < 4.78 is 61.3. The number of phosphoric acid groups is 2. The third-order valence-corrected chi connectivity index (χ3v) is 20.5. The summed E-state index contributed by atoms with van der Waals surface area (Å²) in [6, 6.07) is 0. The van der Waals surface area contributed by atoms with Crippen molar-refractivity contribution in [1.29, 1.82) is 0 Å². The summed E-state index contributed by atoms with van der Waals surface area (Å²) in [5.41, 5.74) is 0. The number of hydrogen-bond acceptors (Lipinski definition) is 14. The minimum Gasteiger partial charge on any atom is -0.463 e. The van der Waals surface area contributed by atoms with Crippen LogP contribution in [0.15, 0.2) is 122 Å². The molecule has 630 valence electrons. The van der Waals surface area contributed by atoms with Crippen LogP contribution in [0.5, 0.6) is 0 Å². The van der Waals surface area contributed by atoms with Crippen LogP contribution in [0.4, 0.5) is 0 Å². The third kappa shape index (κ3) is 84.7. The second-order valence-corrected chi connectivity index (χ2v) is 32.2. The summed E-state index contributed by atoms with van der Waals surface area (Å²) in [5, 5.41) is 20.7. The first-order valence-corrected chi connectivity index (χ1v) is 46.8. The highest BCUT2D eigenvalue weighted by molar-refractivity contribution is 7.47. The van der Waals surface area contributed by atoms with E-state index in [1.54, 1.807) is 0 Å². The number of carbonyl (C=O) groups excluding carboxylic acids is 3. The maximum atomic E-state index is 13.0. The molecule has 0 aliphatic rings. The molecule has 0 fully saturated rings. The Balaban J connectivity index is 4.42. The Morgan fingerprint density at radius 2 is 0.486 bits per heavy atom. The van der Waals surface area contributed by atoms with Gasteiger partial charge in [-0.1, -0.05) is 348 Å². The van der Waals surface area contributed by atoms with Crippen LogP contribution in [0.3, 0.4) is 0 Å². The Kier molecular flexibility index (Phi) is 80.3. The van der Waals surface area contributed by atoms with Gasteiger partial charge in [-0.05, 0) is 135 Å². The molecule has 0 amide bonds. The van der Waals surface area contributed by atoms with Gasteiger partial charge in [-0.15, -0.1) is 0 Å². The van der Waals surface area contributed by atoms with Crippen LogP contribution in [0.25, 0.3) is 0 Å². The predicted octanol–water partition coefficient (Wildman–Crippen LogP) is 26.4. The zero-order chi connectivity index (χ0) is 79.4. The van der Waals surface area contributed by atoms with Crippen molar-refractivity contribution in [3.05, 3.63) is 122 Å². The van der Waals surface area contributed by atoms with Gasteiger partial charge in [0.05, 0.1) is 26.4 Å². The molecular formula is C91H160O16P2. The second kappa shape index (κ2) is 83.4. The van der Waals surface area contributed by atoms with Crippen molar-refractivity contribution in [1.82, 2.24) is 0 Å². The fraction of sp³-hybridized carbons (Fsp3) is 0.747. The van der Waals surface area contributed by atoms with E-state index in [0.29, 0.717) is 19.3 Å². The summed E-state index contributed by atoms with van der Waals surface area (Å²) >= 11 is 0. The molecule has 0 aliphatic carbocycles. The monoisotopic (exact) mass is 1570 g/mol. The fourth-order valence-corrected chi connectivity index (χ4v) is 13.6. The average molecular weight is 1570 g/mol. The number of aliphatic hydroxyl groups excluding tert-OH is 2. The Hall–Kier alpha value is -4.05. The molecule has 0 rings (SSSR count). The van der Waals surface area contributed by atoms with E-state index in [2.05, 4.69) is 142 Å². The summed E-state index contributed by atoms with van der Waals surface area (Å²) in [6.07, 6.45) is 101. The molecule has 18 heteroatoms. The molecule has 0 aromatic heterocycles. The van der Waals surface area contributed by atoms with E-state index >= 15 is 0 Å². The van der Waals surface area contributed by atoms with E-state index < -0.39 is 91.5 Å². The van der Waals surface area contributed by atoms with Crippen LogP contribution in [-0.4, -0.2) is 95.9 Å². The van der Waals surface area contributed by atoms with Gasteiger partial charge >= 0.3 is 33.6 Å². The summed E-state index contributed by atoms with van der Waals surface area (Å²) in [5.74, 6) is -1.58. The largest absolute Gasteiger partial charge is 0.472 e. The Morgan fingerprint density at radius 1 is 0.266 bits per heavy atom. The number of phosphoric ester groups is 2. The molecule has 0 spiro atoms. The number of unbranched alkanes of at least 4 members (excludes halogenated alkanes) is 40. The molecule has 0 aliphatic heterocycles. The topological polar surface area (TPSA) is 231 Å². The number of aliphatic hydroxyl groups is 2. The molecule has 0 radical (unpaired) electrons. The van der Waals surface area contributed by atoms with E-state index in [0.717, 1.165) is 154 Å². The zero-order valence-corrected chi connectivity index (χ0v) is 71.0.